The molecule has 1 atom stereocenters. The van der Waals surface area contributed by atoms with Crippen LogP contribution >= 0.6 is 22.9 Å². The fraction of sp³-hybridized carbons (Fsp3) is 0.174. The third-order valence-electron chi connectivity index (χ3n) is 4.37. The van der Waals surface area contributed by atoms with Crippen LogP contribution in [0.4, 0.5) is 5.69 Å². The first-order valence-electron chi connectivity index (χ1n) is 9.68. The monoisotopic (exact) mass is 472 g/mol. The van der Waals surface area contributed by atoms with Gasteiger partial charge in [0.05, 0.1) is 23.4 Å². The first-order chi connectivity index (χ1) is 15.5. The summed E-state index contributed by atoms with van der Waals surface area (Å²) >= 11 is 7.43. The SMILES string of the molecule is COc1ccc(NC(=O)C(OC(=O)CCNC(=O)c2cccs2)c2ccccc2)cc1Cl. The lowest BCUT2D eigenvalue weighted by molar-refractivity contribution is -0.154. The van der Waals surface area contributed by atoms with E-state index in [1.54, 1.807) is 66.0 Å². The molecule has 3 rings (SSSR count). The number of halogens is 1. The Kier molecular flexibility index (Phi) is 8.24. The maximum absolute atomic E-state index is 12.9. The fourth-order valence-corrected chi connectivity index (χ4v) is 3.71. The quantitative estimate of drug-likeness (QED) is 0.449. The van der Waals surface area contributed by atoms with Crippen molar-refractivity contribution < 1.29 is 23.9 Å². The number of ether oxygens (including phenoxy) is 2. The molecule has 166 valence electrons. The summed E-state index contributed by atoms with van der Waals surface area (Å²) in [5, 5.41) is 7.49. The highest BCUT2D eigenvalue weighted by atomic mass is 35.5. The molecule has 0 radical (unpaired) electrons. The predicted molar refractivity (Wildman–Crippen MR) is 123 cm³/mol. The van der Waals surface area contributed by atoms with Crippen LogP contribution in [-0.4, -0.2) is 31.4 Å². The predicted octanol–water partition coefficient (Wildman–Crippen LogP) is 4.45. The van der Waals surface area contributed by atoms with E-state index in [2.05, 4.69) is 10.6 Å². The van der Waals surface area contributed by atoms with Crippen molar-refractivity contribution in [2.75, 3.05) is 19.0 Å². The Balaban J connectivity index is 1.63. The molecule has 2 amide bonds. The molecule has 1 unspecified atom stereocenters. The van der Waals surface area contributed by atoms with Crippen LogP contribution in [-0.2, 0) is 14.3 Å². The largest absolute Gasteiger partial charge is 0.495 e. The number of carbonyl (C=O) groups is 3. The van der Waals surface area contributed by atoms with E-state index >= 15 is 0 Å². The first kappa shape index (κ1) is 23.3. The summed E-state index contributed by atoms with van der Waals surface area (Å²) in [5.74, 6) is -0.941. The van der Waals surface area contributed by atoms with Gasteiger partial charge in [0.25, 0.3) is 11.8 Å². The molecular formula is C23H21ClN2O5S. The number of thiophene rings is 1. The van der Waals surface area contributed by atoms with E-state index in [9.17, 15) is 14.4 Å². The molecule has 0 bridgehead atoms. The van der Waals surface area contributed by atoms with Gasteiger partial charge in [-0.3, -0.25) is 14.4 Å². The lowest BCUT2D eigenvalue weighted by Crippen LogP contribution is -2.29. The number of benzene rings is 2. The van der Waals surface area contributed by atoms with E-state index in [4.69, 9.17) is 21.1 Å². The average molecular weight is 473 g/mol. The third-order valence-corrected chi connectivity index (χ3v) is 5.53. The minimum atomic E-state index is -1.17. The zero-order valence-corrected chi connectivity index (χ0v) is 18.7. The van der Waals surface area contributed by atoms with Crippen molar-refractivity contribution in [1.29, 1.82) is 0 Å². The lowest BCUT2D eigenvalue weighted by atomic mass is 10.1. The van der Waals surface area contributed by atoms with E-state index in [0.717, 1.165) is 0 Å². The summed E-state index contributed by atoms with van der Waals surface area (Å²) in [6.45, 7) is 0.0901. The number of nitrogens with one attached hydrogen (secondary N) is 2. The Morgan fingerprint density at radius 2 is 1.84 bits per heavy atom. The van der Waals surface area contributed by atoms with E-state index < -0.39 is 18.0 Å². The minimum absolute atomic E-state index is 0.0813. The number of amides is 2. The number of hydrogen-bond acceptors (Lipinski definition) is 6. The molecule has 32 heavy (non-hydrogen) atoms. The van der Waals surface area contributed by atoms with Crippen LogP contribution in [0.25, 0.3) is 0 Å². The van der Waals surface area contributed by atoms with Gasteiger partial charge in [0.15, 0.2) is 0 Å². The van der Waals surface area contributed by atoms with Crippen LogP contribution in [0.5, 0.6) is 5.75 Å². The molecule has 0 spiro atoms. The van der Waals surface area contributed by atoms with Crippen molar-refractivity contribution in [3.63, 3.8) is 0 Å². The van der Waals surface area contributed by atoms with Crippen molar-refractivity contribution >= 4 is 46.4 Å². The van der Waals surface area contributed by atoms with Gasteiger partial charge < -0.3 is 20.1 Å². The van der Waals surface area contributed by atoms with Crippen molar-refractivity contribution in [2.45, 2.75) is 12.5 Å². The minimum Gasteiger partial charge on any atom is -0.495 e. The molecule has 0 aliphatic heterocycles. The van der Waals surface area contributed by atoms with Crippen LogP contribution in [0.3, 0.4) is 0 Å². The second-order valence-electron chi connectivity index (χ2n) is 6.60. The zero-order valence-electron chi connectivity index (χ0n) is 17.2. The maximum atomic E-state index is 12.9. The van der Waals surface area contributed by atoms with E-state index in [1.807, 2.05) is 0 Å². The molecule has 1 heterocycles. The van der Waals surface area contributed by atoms with Gasteiger partial charge in [-0.15, -0.1) is 11.3 Å². The Bertz CT molecular complexity index is 1070. The van der Waals surface area contributed by atoms with Crippen LogP contribution < -0.4 is 15.4 Å². The fourth-order valence-electron chi connectivity index (χ4n) is 2.82. The van der Waals surface area contributed by atoms with E-state index in [-0.39, 0.29) is 18.9 Å². The zero-order chi connectivity index (χ0) is 22.9. The van der Waals surface area contributed by atoms with Gasteiger partial charge >= 0.3 is 5.97 Å². The normalized spacial score (nSPS) is 11.3. The number of carbonyl (C=O) groups excluding carboxylic acids is 3. The molecule has 0 fully saturated rings. The molecule has 2 aromatic carbocycles. The van der Waals surface area contributed by atoms with E-state index in [1.165, 1.54) is 18.4 Å². The van der Waals surface area contributed by atoms with Gasteiger partial charge in [-0.25, -0.2) is 0 Å². The first-order valence-corrected chi connectivity index (χ1v) is 10.9. The second-order valence-corrected chi connectivity index (χ2v) is 7.96. The second kappa shape index (κ2) is 11.3. The van der Waals surface area contributed by atoms with Gasteiger partial charge in [-0.05, 0) is 29.6 Å². The molecule has 2 N–H and O–H groups in total. The van der Waals surface area contributed by atoms with Crippen molar-refractivity contribution in [3.8, 4) is 5.75 Å². The smallest absolute Gasteiger partial charge is 0.308 e. The Labute approximate surface area is 194 Å². The molecule has 0 saturated carbocycles. The summed E-state index contributed by atoms with van der Waals surface area (Å²) in [6, 6.07) is 16.9. The number of methoxy groups -OCH3 is 1. The Hall–Kier alpha value is -3.36. The highest BCUT2D eigenvalue weighted by Gasteiger charge is 2.25. The van der Waals surface area contributed by atoms with Crippen LogP contribution in [0.15, 0.2) is 66.0 Å². The summed E-state index contributed by atoms with van der Waals surface area (Å²) in [6.07, 6.45) is -1.25. The summed E-state index contributed by atoms with van der Waals surface area (Å²) in [5.41, 5.74) is 0.946. The van der Waals surface area contributed by atoms with Gasteiger partial charge in [0.2, 0.25) is 6.10 Å². The Morgan fingerprint density at radius 1 is 1.06 bits per heavy atom. The number of rotatable bonds is 9. The standard InChI is InChI=1S/C23H21ClN2O5S/c1-30-18-10-9-16(14-17(18)24)26-23(29)21(15-6-3-2-4-7-15)31-20(27)11-12-25-22(28)19-8-5-13-32-19/h2-10,13-14,21H,11-12H2,1H3,(H,25,28)(H,26,29). The van der Waals surface area contributed by atoms with Crippen LogP contribution in [0.1, 0.15) is 27.8 Å². The number of anilines is 1. The van der Waals surface area contributed by atoms with Gasteiger partial charge in [0.1, 0.15) is 5.75 Å². The Morgan fingerprint density at radius 3 is 2.50 bits per heavy atom. The van der Waals surface area contributed by atoms with Gasteiger partial charge in [0, 0.05) is 17.8 Å². The average Bonchev–Trinajstić information content (AvgIpc) is 3.33. The number of esters is 1. The molecule has 1 aromatic heterocycles. The van der Waals surface area contributed by atoms with Crippen LogP contribution in [0, 0.1) is 0 Å². The van der Waals surface area contributed by atoms with Gasteiger partial charge in [-0.1, -0.05) is 48.0 Å². The van der Waals surface area contributed by atoms with E-state index in [0.29, 0.717) is 26.9 Å². The molecule has 0 aliphatic rings. The molecule has 7 nitrogen and oxygen atoms in total. The molecule has 9 heteroatoms. The third kappa shape index (κ3) is 6.32. The van der Waals surface area contributed by atoms with Gasteiger partial charge in [-0.2, -0.15) is 0 Å². The topological polar surface area (TPSA) is 93.7 Å². The number of hydrogen-bond donors (Lipinski definition) is 2. The lowest BCUT2D eigenvalue weighted by Gasteiger charge is -2.18. The molecule has 0 aliphatic carbocycles. The maximum Gasteiger partial charge on any atom is 0.308 e. The summed E-state index contributed by atoms with van der Waals surface area (Å²) < 4.78 is 10.6. The van der Waals surface area contributed by atoms with Crippen molar-refractivity contribution in [2.24, 2.45) is 0 Å². The highest BCUT2D eigenvalue weighted by molar-refractivity contribution is 7.12. The highest BCUT2D eigenvalue weighted by Crippen LogP contribution is 2.28. The summed E-state index contributed by atoms with van der Waals surface area (Å²) in [4.78, 5) is 37.9. The van der Waals surface area contributed by atoms with Crippen LogP contribution in [0.2, 0.25) is 5.02 Å². The molecule has 3 aromatic rings. The molecule has 0 saturated heterocycles. The van der Waals surface area contributed by atoms with Crippen molar-refractivity contribution in [1.82, 2.24) is 5.32 Å². The van der Waals surface area contributed by atoms with Crippen molar-refractivity contribution in [3.05, 3.63) is 81.5 Å². The summed E-state index contributed by atoms with van der Waals surface area (Å²) in [7, 11) is 1.49. The molecular weight excluding hydrogens is 452 g/mol.